The summed E-state index contributed by atoms with van der Waals surface area (Å²) in [4.78, 5) is 6.78. The number of oxime groups is 1. The summed E-state index contributed by atoms with van der Waals surface area (Å²) in [5.41, 5.74) is 18.4. The molecule has 5 rings (SSSR count). The first-order valence-corrected chi connectivity index (χ1v) is 9.04. The first-order valence-electron chi connectivity index (χ1n) is 8.22. The Bertz CT molecular complexity index is 975. The van der Waals surface area contributed by atoms with Crippen LogP contribution in [0.3, 0.4) is 0 Å². The number of thiophene rings is 1. The Hall–Kier alpha value is -2.80. The number of nitrogens with zero attached hydrogens (tertiary/aromatic N) is 2. The summed E-state index contributed by atoms with van der Waals surface area (Å²) in [6, 6.07) is 10.1. The van der Waals surface area contributed by atoms with Crippen molar-refractivity contribution in [1.29, 1.82) is 0 Å². The lowest BCUT2D eigenvalue weighted by Gasteiger charge is -2.18. The Kier molecular flexibility index (Phi) is 3.11. The maximum Gasteiger partial charge on any atom is 0.166 e. The van der Waals surface area contributed by atoms with Crippen molar-refractivity contribution < 1.29 is 4.84 Å². The van der Waals surface area contributed by atoms with E-state index >= 15 is 0 Å². The first kappa shape index (κ1) is 14.5. The number of anilines is 2. The van der Waals surface area contributed by atoms with Crippen molar-refractivity contribution in [1.82, 2.24) is 10.2 Å². The normalized spacial score (nSPS) is 21.0. The van der Waals surface area contributed by atoms with Crippen LogP contribution in [0.25, 0.3) is 10.4 Å². The van der Waals surface area contributed by atoms with Gasteiger partial charge in [0.15, 0.2) is 6.10 Å². The molecule has 3 aromatic rings. The highest BCUT2D eigenvalue weighted by Crippen LogP contribution is 2.49. The summed E-state index contributed by atoms with van der Waals surface area (Å²) in [5.74, 6) is -0.0436. The van der Waals surface area contributed by atoms with Crippen molar-refractivity contribution in [2.75, 3.05) is 11.5 Å². The van der Waals surface area contributed by atoms with E-state index in [0.717, 1.165) is 45.8 Å². The lowest BCUT2D eigenvalue weighted by molar-refractivity contribution is 0.0757. The fourth-order valence-corrected chi connectivity index (χ4v) is 4.82. The average Bonchev–Trinajstić information content (AvgIpc) is 3.33. The van der Waals surface area contributed by atoms with Crippen LogP contribution >= 0.6 is 11.3 Å². The van der Waals surface area contributed by atoms with Crippen LogP contribution < -0.4 is 11.5 Å². The van der Waals surface area contributed by atoms with Crippen LogP contribution in [0.2, 0.25) is 0 Å². The molecule has 2 aliphatic rings. The van der Waals surface area contributed by atoms with E-state index in [1.54, 1.807) is 11.3 Å². The smallest absolute Gasteiger partial charge is 0.166 e. The number of aryl methyl sites for hydroxylation is 1. The second-order valence-corrected chi connectivity index (χ2v) is 7.42. The lowest BCUT2D eigenvalue weighted by Crippen LogP contribution is -2.11. The topological polar surface area (TPSA) is 102 Å². The maximum atomic E-state index is 6.17. The average molecular weight is 351 g/mol. The number of rotatable bonds is 2. The fourth-order valence-electron chi connectivity index (χ4n) is 3.70. The van der Waals surface area contributed by atoms with Crippen LogP contribution in [0.1, 0.15) is 34.5 Å². The molecule has 0 saturated carbocycles. The van der Waals surface area contributed by atoms with E-state index in [2.05, 4.69) is 27.5 Å². The zero-order chi connectivity index (χ0) is 17.0. The summed E-state index contributed by atoms with van der Waals surface area (Å²) in [6.45, 7) is 0. The van der Waals surface area contributed by atoms with Gasteiger partial charge in [-0.1, -0.05) is 35.5 Å². The molecule has 0 bridgehead atoms. The summed E-state index contributed by atoms with van der Waals surface area (Å²) in [5, 5.41) is 12.6. The number of nitrogens with two attached hydrogens (primary N) is 2. The predicted octanol–water partition coefficient (Wildman–Crippen LogP) is 3.24. The molecule has 2 unspecified atom stereocenters. The molecule has 0 saturated heterocycles. The summed E-state index contributed by atoms with van der Waals surface area (Å²) < 4.78 is 0. The third-order valence-electron chi connectivity index (χ3n) is 4.96. The van der Waals surface area contributed by atoms with Gasteiger partial charge in [-0.25, -0.2) is 0 Å². The van der Waals surface area contributed by atoms with Crippen LogP contribution in [-0.2, 0) is 17.7 Å². The molecule has 2 atom stereocenters. The Labute approximate surface area is 148 Å². The summed E-state index contributed by atoms with van der Waals surface area (Å²) >= 11 is 1.54. The summed E-state index contributed by atoms with van der Waals surface area (Å²) in [7, 11) is 0. The molecule has 1 aromatic carbocycles. The Morgan fingerprint density at radius 1 is 1.16 bits per heavy atom. The molecule has 1 aliphatic carbocycles. The van der Waals surface area contributed by atoms with Gasteiger partial charge in [-0.3, -0.25) is 5.10 Å². The summed E-state index contributed by atoms with van der Waals surface area (Å²) in [6.07, 6.45) is 3.44. The second kappa shape index (κ2) is 5.35. The molecule has 2 aromatic heterocycles. The highest BCUT2D eigenvalue weighted by Gasteiger charge is 2.37. The van der Waals surface area contributed by atoms with Crippen LogP contribution in [0, 0.1) is 0 Å². The standard InChI is InChI=1S/C18H17N5OS/c19-14-10-6-7-12-13(17(10)25-18(14)20)15(23-22-12)11-8-21-24-16(11)9-4-2-1-3-5-9/h1-5,8,11,16H,6-7,19-20H2,(H,22,23). The molecule has 126 valence electrons. The fraction of sp³-hybridized carbons (Fsp3) is 0.222. The molecule has 6 nitrogen and oxygen atoms in total. The van der Waals surface area contributed by atoms with Gasteiger partial charge in [-0.05, 0) is 24.0 Å². The van der Waals surface area contributed by atoms with E-state index in [1.807, 2.05) is 24.4 Å². The van der Waals surface area contributed by atoms with Gasteiger partial charge < -0.3 is 16.3 Å². The number of nitrogens with one attached hydrogen (secondary N) is 1. The predicted molar refractivity (Wildman–Crippen MR) is 99.6 cm³/mol. The maximum absolute atomic E-state index is 6.17. The molecule has 0 spiro atoms. The molecule has 0 fully saturated rings. The Morgan fingerprint density at radius 2 is 2.00 bits per heavy atom. The van der Waals surface area contributed by atoms with Gasteiger partial charge in [0.1, 0.15) is 5.00 Å². The highest BCUT2D eigenvalue weighted by molar-refractivity contribution is 7.20. The van der Waals surface area contributed by atoms with E-state index in [-0.39, 0.29) is 12.0 Å². The van der Waals surface area contributed by atoms with Crippen LogP contribution in [0.15, 0.2) is 35.5 Å². The number of hydrogen-bond acceptors (Lipinski definition) is 6. The van der Waals surface area contributed by atoms with E-state index in [0.29, 0.717) is 10.7 Å². The van der Waals surface area contributed by atoms with Gasteiger partial charge in [0.25, 0.3) is 0 Å². The number of aromatic nitrogens is 2. The number of H-pyrrole nitrogens is 1. The van der Waals surface area contributed by atoms with Gasteiger partial charge in [-0.15, -0.1) is 11.3 Å². The molecule has 1 aliphatic heterocycles. The molecule has 25 heavy (non-hydrogen) atoms. The zero-order valence-electron chi connectivity index (χ0n) is 13.4. The lowest BCUT2D eigenvalue weighted by atomic mass is 9.87. The quantitative estimate of drug-likeness (QED) is 0.659. The van der Waals surface area contributed by atoms with E-state index < -0.39 is 0 Å². The molecule has 0 amide bonds. The molecule has 3 heterocycles. The third kappa shape index (κ3) is 2.09. The van der Waals surface area contributed by atoms with Gasteiger partial charge in [0.05, 0.1) is 23.5 Å². The molecular formula is C18H17N5OS. The molecule has 5 N–H and O–H groups in total. The van der Waals surface area contributed by atoms with Gasteiger partial charge in [0, 0.05) is 16.1 Å². The minimum atomic E-state index is -0.173. The van der Waals surface area contributed by atoms with Crippen LogP contribution in [0.5, 0.6) is 0 Å². The SMILES string of the molecule is Nc1sc2c(c1N)CCc1[nH]nc(C3C=NOC3c3ccccc3)c1-2. The highest BCUT2D eigenvalue weighted by atomic mass is 32.1. The molecule has 0 radical (unpaired) electrons. The third-order valence-corrected chi connectivity index (χ3v) is 6.06. The monoisotopic (exact) mass is 351 g/mol. The molecule has 7 heteroatoms. The Balaban J connectivity index is 1.63. The Morgan fingerprint density at radius 3 is 2.84 bits per heavy atom. The number of hydrogen-bond donors (Lipinski definition) is 3. The van der Waals surface area contributed by atoms with Crippen molar-refractivity contribution >= 4 is 28.2 Å². The van der Waals surface area contributed by atoms with E-state index in [9.17, 15) is 0 Å². The number of fused-ring (bicyclic) bond motifs is 3. The van der Waals surface area contributed by atoms with Gasteiger partial charge >= 0.3 is 0 Å². The largest absolute Gasteiger partial charge is 0.396 e. The van der Waals surface area contributed by atoms with E-state index in [4.69, 9.17) is 16.3 Å². The zero-order valence-corrected chi connectivity index (χ0v) is 14.2. The van der Waals surface area contributed by atoms with Crippen LogP contribution in [0.4, 0.5) is 10.7 Å². The minimum absolute atomic E-state index is 0.0436. The number of benzene rings is 1. The van der Waals surface area contributed by atoms with Gasteiger partial charge in [-0.2, -0.15) is 5.10 Å². The van der Waals surface area contributed by atoms with Crippen molar-refractivity contribution in [2.45, 2.75) is 24.9 Å². The van der Waals surface area contributed by atoms with E-state index in [1.165, 1.54) is 0 Å². The van der Waals surface area contributed by atoms with Crippen molar-refractivity contribution in [3.05, 3.63) is 52.8 Å². The number of aromatic amines is 1. The van der Waals surface area contributed by atoms with Crippen molar-refractivity contribution in [2.24, 2.45) is 5.16 Å². The van der Waals surface area contributed by atoms with Gasteiger partial charge in [0.2, 0.25) is 0 Å². The molecular weight excluding hydrogens is 334 g/mol. The minimum Gasteiger partial charge on any atom is -0.396 e. The van der Waals surface area contributed by atoms with Crippen molar-refractivity contribution in [3.63, 3.8) is 0 Å². The number of nitrogen functional groups attached to an aromatic ring is 2. The van der Waals surface area contributed by atoms with Crippen LogP contribution in [-0.4, -0.2) is 16.4 Å². The second-order valence-electron chi connectivity index (χ2n) is 6.37. The van der Waals surface area contributed by atoms with Crippen molar-refractivity contribution in [3.8, 4) is 10.4 Å². The first-order chi connectivity index (χ1) is 12.2.